The second-order valence-electron chi connectivity index (χ2n) is 8.79. The average molecular weight is 432 g/mol. The van der Waals surface area contributed by atoms with E-state index in [4.69, 9.17) is 0 Å². The molecule has 3 rings (SSSR count). The van der Waals surface area contributed by atoms with Crippen LogP contribution < -0.4 is 5.32 Å². The molecule has 5 nitrogen and oxygen atoms in total. The first kappa shape index (κ1) is 23.5. The summed E-state index contributed by atoms with van der Waals surface area (Å²) in [5, 5.41) is 7.58. The summed E-state index contributed by atoms with van der Waals surface area (Å²) in [6.07, 6.45) is 1.39. The van der Waals surface area contributed by atoms with Crippen LogP contribution in [0.5, 0.6) is 0 Å². The Bertz CT molecular complexity index is 1050. The molecule has 32 heavy (non-hydrogen) atoms. The smallest absolute Gasteiger partial charge is 0.220 e. The second-order valence-corrected chi connectivity index (χ2v) is 8.79. The molecule has 0 aliphatic rings. The van der Waals surface area contributed by atoms with Gasteiger partial charge in [0, 0.05) is 36.2 Å². The average Bonchev–Trinajstić information content (AvgIpc) is 3.03. The Labute approximate surface area is 190 Å². The molecule has 0 radical (unpaired) electrons. The Kier molecular flexibility index (Phi) is 7.98. The minimum absolute atomic E-state index is 0.000659. The molecule has 0 saturated heterocycles. The largest absolute Gasteiger partial charge is 0.352 e. The standard InChI is InChI=1S/C27H33N3O2/c1-19(2)16-22-10-12-24(13-11-22)26(31)14-15-27(32)28-17-25-20(3)29-30(21(25)4)18-23-8-6-5-7-9-23/h5-13,19H,14-18H2,1-4H3,(H,28,32). The predicted molar refractivity (Wildman–Crippen MR) is 128 cm³/mol. The van der Waals surface area contributed by atoms with Crippen LogP contribution in [0.25, 0.3) is 0 Å². The SMILES string of the molecule is Cc1nn(Cc2ccccc2)c(C)c1CNC(=O)CCC(=O)c1ccc(CC(C)C)cc1. The van der Waals surface area contributed by atoms with Gasteiger partial charge in [0.1, 0.15) is 0 Å². The first-order chi connectivity index (χ1) is 15.3. The minimum Gasteiger partial charge on any atom is -0.352 e. The van der Waals surface area contributed by atoms with Crippen LogP contribution in [0.4, 0.5) is 0 Å². The van der Waals surface area contributed by atoms with Gasteiger partial charge in [-0.3, -0.25) is 14.3 Å². The monoisotopic (exact) mass is 431 g/mol. The first-order valence-corrected chi connectivity index (χ1v) is 11.3. The third-order valence-corrected chi connectivity index (χ3v) is 5.67. The number of benzene rings is 2. The molecule has 1 amide bonds. The summed E-state index contributed by atoms with van der Waals surface area (Å²) in [7, 11) is 0. The summed E-state index contributed by atoms with van der Waals surface area (Å²) in [5.41, 5.74) is 6.07. The topological polar surface area (TPSA) is 64.0 Å². The molecule has 3 aromatic rings. The van der Waals surface area contributed by atoms with E-state index in [1.165, 1.54) is 11.1 Å². The number of Topliss-reactive ketones (excluding diaryl/α,β-unsaturated/α-hetero) is 1. The van der Waals surface area contributed by atoms with Crippen molar-refractivity contribution in [3.05, 3.63) is 88.2 Å². The number of ketones is 1. The number of rotatable bonds is 10. The van der Waals surface area contributed by atoms with Crippen molar-refractivity contribution in [2.75, 3.05) is 0 Å². The number of carbonyl (C=O) groups excluding carboxylic acids is 2. The molecule has 0 unspecified atom stereocenters. The zero-order chi connectivity index (χ0) is 23.1. The maximum atomic E-state index is 12.4. The second kappa shape index (κ2) is 10.9. The first-order valence-electron chi connectivity index (χ1n) is 11.3. The van der Waals surface area contributed by atoms with Crippen LogP contribution in [0.3, 0.4) is 0 Å². The highest BCUT2D eigenvalue weighted by atomic mass is 16.2. The van der Waals surface area contributed by atoms with Gasteiger partial charge in [-0.25, -0.2) is 0 Å². The van der Waals surface area contributed by atoms with Gasteiger partial charge in [0.25, 0.3) is 0 Å². The van der Waals surface area contributed by atoms with Crippen molar-refractivity contribution in [2.45, 2.75) is 60.0 Å². The van der Waals surface area contributed by atoms with Gasteiger partial charge in [-0.15, -0.1) is 0 Å². The molecule has 2 aromatic carbocycles. The molecule has 0 fully saturated rings. The quantitative estimate of drug-likeness (QED) is 0.458. The van der Waals surface area contributed by atoms with Gasteiger partial charge in [0.2, 0.25) is 5.91 Å². The third-order valence-electron chi connectivity index (χ3n) is 5.67. The molecule has 1 aromatic heterocycles. The van der Waals surface area contributed by atoms with E-state index < -0.39 is 0 Å². The van der Waals surface area contributed by atoms with Crippen molar-refractivity contribution < 1.29 is 9.59 Å². The molecular weight excluding hydrogens is 398 g/mol. The van der Waals surface area contributed by atoms with Crippen LogP contribution in [-0.2, 0) is 24.3 Å². The number of amides is 1. The van der Waals surface area contributed by atoms with Crippen molar-refractivity contribution in [1.82, 2.24) is 15.1 Å². The molecule has 0 aliphatic heterocycles. The maximum Gasteiger partial charge on any atom is 0.220 e. The van der Waals surface area contributed by atoms with Crippen LogP contribution in [0.1, 0.15) is 65.1 Å². The van der Waals surface area contributed by atoms with Crippen molar-refractivity contribution in [1.29, 1.82) is 0 Å². The summed E-state index contributed by atoms with van der Waals surface area (Å²) >= 11 is 0. The van der Waals surface area contributed by atoms with Crippen LogP contribution in [0.15, 0.2) is 54.6 Å². The highest BCUT2D eigenvalue weighted by Crippen LogP contribution is 2.15. The lowest BCUT2D eigenvalue weighted by molar-refractivity contribution is -0.121. The van der Waals surface area contributed by atoms with Crippen LogP contribution in [0.2, 0.25) is 0 Å². The van der Waals surface area contributed by atoms with Crippen LogP contribution in [-0.4, -0.2) is 21.5 Å². The van der Waals surface area contributed by atoms with Gasteiger partial charge < -0.3 is 5.32 Å². The number of carbonyl (C=O) groups is 2. The van der Waals surface area contributed by atoms with Gasteiger partial charge in [-0.2, -0.15) is 5.10 Å². The Morgan fingerprint density at radius 3 is 2.28 bits per heavy atom. The molecule has 0 saturated carbocycles. The fraction of sp³-hybridized carbons (Fsp3) is 0.370. The predicted octanol–water partition coefficient (Wildman–Crippen LogP) is 5.03. The van der Waals surface area contributed by atoms with Crippen LogP contribution >= 0.6 is 0 Å². The summed E-state index contributed by atoms with van der Waals surface area (Å²) in [4.78, 5) is 24.8. The van der Waals surface area contributed by atoms with E-state index in [-0.39, 0.29) is 24.5 Å². The summed E-state index contributed by atoms with van der Waals surface area (Å²) in [5.74, 6) is 0.460. The maximum absolute atomic E-state index is 12.4. The van der Waals surface area contributed by atoms with E-state index in [1.807, 2.05) is 61.0 Å². The molecule has 1 N–H and O–H groups in total. The van der Waals surface area contributed by atoms with E-state index in [1.54, 1.807) is 0 Å². The van der Waals surface area contributed by atoms with E-state index in [9.17, 15) is 9.59 Å². The van der Waals surface area contributed by atoms with E-state index in [2.05, 4.69) is 36.4 Å². The highest BCUT2D eigenvalue weighted by Gasteiger charge is 2.14. The van der Waals surface area contributed by atoms with Crippen LogP contribution in [0, 0.1) is 19.8 Å². The fourth-order valence-electron chi connectivity index (χ4n) is 3.85. The Balaban J connectivity index is 1.50. The lowest BCUT2D eigenvalue weighted by atomic mass is 9.99. The van der Waals surface area contributed by atoms with Gasteiger partial charge >= 0.3 is 0 Å². The lowest BCUT2D eigenvalue weighted by Crippen LogP contribution is -2.24. The summed E-state index contributed by atoms with van der Waals surface area (Å²) in [6.45, 7) is 9.46. The molecule has 0 atom stereocenters. The van der Waals surface area contributed by atoms with E-state index >= 15 is 0 Å². The Morgan fingerprint density at radius 1 is 0.938 bits per heavy atom. The third kappa shape index (κ3) is 6.39. The van der Waals surface area contributed by atoms with E-state index in [0.29, 0.717) is 24.6 Å². The normalized spacial score (nSPS) is 11.0. The van der Waals surface area contributed by atoms with Crippen molar-refractivity contribution in [3.63, 3.8) is 0 Å². The molecule has 0 bridgehead atoms. The Hall–Kier alpha value is -3.21. The molecule has 168 valence electrons. The molecule has 0 aliphatic carbocycles. The van der Waals surface area contributed by atoms with Crippen molar-refractivity contribution in [3.8, 4) is 0 Å². The number of hydrogen-bond acceptors (Lipinski definition) is 3. The molecule has 1 heterocycles. The minimum atomic E-state index is -0.121. The zero-order valence-electron chi connectivity index (χ0n) is 19.5. The highest BCUT2D eigenvalue weighted by molar-refractivity contribution is 5.97. The number of aryl methyl sites for hydroxylation is 1. The summed E-state index contributed by atoms with van der Waals surface area (Å²) in [6, 6.07) is 17.9. The van der Waals surface area contributed by atoms with Crippen molar-refractivity contribution in [2.24, 2.45) is 5.92 Å². The number of hydrogen-bond donors (Lipinski definition) is 1. The van der Waals surface area contributed by atoms with Gasteiger partial charge in [-0.05, 0) is 37.3 Å². The number of nitrogens with zero attached hydrogens (tertiary/aromatic N) is 2. The van der Waals surface area contributed by atoms with Gasteiger partial charge in [0.15, 0.2) is 5.78 Å². The number of aromatic nitrogens is 2. The molecular formula is C27H33N3O2. The summed E-state index contributed by atoms with van der Waals surface area (Å²) < 4.78 is 1.97. The van der Waals surface area contributed by atoms with E-state index in [0.717, 1.165) is 23.4 Å². The van der Waals surface area contributed by atoms with Gasteiger partial charge in [0.05, 0.1) is 12.2 Å². The fourth-order valence-corrected chi connectivity index (χ4v) is 3.85. The lowest BCUT2D eigenvalue weighted by Gasteiger charge is -2.08. The Morgan fingerprint density at radius 2 is 1.62 bits per heavy atom. The molecule has 5 heteroatoms. The van der Waals surface area contributed by atoms with Crippen molar-refractivity contribution >= 4 is 11.7 Å². The van der Waals surface area contributed by atoms with Gasteiger partial charge in [-0.1, -0.05) is 68.4 Å². The molecule has 0 spiro atoms. The zero-order valence-corrected chi connectivity index (χ0v) is 19.5. The number of nitrogens with one attached hydrogen (secondary N) is 1.